The molecule has 1 saturated heterocycles. The molecule has 1 aliphatic heterocycles. The van der Waals surface area contributed by atoms with Crippen molar-refractivity contribution >= 4 is 17.8 Å². The van der Waals surface area contributed by atoms with Crippen molar-refractivity contribution in [3.63, 3.8) is 0 Å². The SMILES string of the molecule is COC(=O)C(=O)N1CCC[C@H]1C(=O)[O-]. The molecule has 0 bridgehead atoms. The molecule has 0 aromatic heterocycles. The number of carbonyl (C=O) groups excluding carboxylic acids is 3. The lowest BCUT2D eigenvalue weighted by Crippen LogP contribution is -2.49. The largest absolute Gasteiger partial charge is 0.548 e. The monoisotopic (exact) mass is 200 g/mol. The van der Waals surface area contributed by atoms with Gasteiger partial charge in [0.15, 0.2) is 0 Å². The second kappa shape index (κ2) is 4.08. The minimum Gasteiger partial charge on any atom is -0.548 e. The molecule has 1 rings (SSSR count). The number of carboxylic acid groups (broad SMARTS) is 1. The van der Waals surface area contributed by atoms with Gasteiger partial charge in [0.25, 0.3) is 0 Å². The normalized spacial score (nSPS) is 20.6. The van der Waals surface area contributed by atoms with Gasteiger partial charge in [-0.3, -0.25) is 4.79 Å². The van der Waals surface area contributed by atoms with Crippen molar-refractivity contribution in [1.82, 2.24) is 4.90 Å². The summed E-state index contributed by atoms with van der Waals surface area (Å²) in [6.07, 6.45) is 0.881. The highest BCUT2D eigenvalue weighted by Crippen LogP contribution is 2.16. The summed E-state index contributed by atoms with van der Waals surface area (Å²) in [4.78, 5) is 33.6. The fourth-order valence-corrected chi connectivity index (χ4v) is 1.46. The molecule has 14 heavy (non-hydrogen) atoms. The zero-order valence-electron chi connectivity index (χ0n) is 7.69. The molecule has 0 aromatic carbocycles. The third kappa shape index (κ3) is 1.84. The number of hydrogen-bond acceptors (Lipinski definition) is 5. The van der Waals surface area contributed by atoms with Crippen molar-refractivity contribution in [3.8, 4) is 0 Å². The Hall–Kier alpha value is -1.59. The molecule has 78 valence electrons. The van der Waals surface area contributed by atoms with Crippen molar-refractivity contribution in [2.45, 2.75) is 18.9 Å². The Bertz CT molecular complexity index is 275. The molecule has 1 fully saturated rings. The van der Waals surface area contributed by atoms with E-state index in [0.29, 0.717) is 12.8 Å². The van der Waals surface area contributed by atoms with Gasteiger partial charge in [-0.25, -0.2) is 4.79 Å². The Morgan fingerprint density at radius 2 is 2.07 bits per heavy atom. The van der Waals surface area contributed by atoms with E-state index in [4.69, 9.17) is 0 Å². The number of carboxylic acids is 1. The first-order chi connectivity index (χ1) is 6.57. The second-order valence-corrected chi connectivity index (χ2v) is 2.97. The van der Waals surface area contributed by atoms with Crippen molar-refractivity contribution < 1.29 is 24.2 Å². The third-order valence-electron chi connectivity index (χ3n) is 2.15. The predicted octanol–water partition coefficient (Wildman–Crippen LogP) is -2.10. The van der Waals surface area contributed by atoms with Crippen LogP contribution in [0.1, 0.15) is 12.8 Å². The van der Waals surface area contributed by atoms with E-state index in [1.165, 1.54) is 0 Å². The van der Waals surface area contributed by atoms with Gasteiger partial charge >= 0.3 is 11.9 Å². The van der Waals surface area contributed by atoms with Crippen molar-refractivity contribution in [1.29, 1.82) is 0 Å². The zero-order chi connectivity index (χ0) is 10.7. The summed E-state index contributed by atoms with van der Waals surface area (Å²) in [5.74, 6) is -3.29. The lowest BCUT2D eigenvalue weighted by molar-refractivity contribution is -0.310. The Morgan fingerprint density at radius 1 is 1.43 bits per heavy atom. The number of amides is 1. The molecule has 0 spiro atoms. The molecule has 6 nitrogen and oxygen atoms in total. The van der Waals surface area contributed by atoms with Crippen LogP contribution in [0.2, 0.25) is 0 Å². The van der Waals surface area contributed by atoms with Gasteiger partial charge in [0.1, 0.15) is 0 Å². The van der Waals surface area contributed by atoms with E-state index in [9.17, 15) is 19.5 Å². The van der Waals surface area contributed by atoms with Crippen molar-refractivity contribution in [3.05, 3.63) is 0 Å². The first-order valence-electron chi connectivity index (χ1n) is 4.17. The second-order valence-electron chi connectivity index (χ2n) is 2.97. The smallest absolute Gasteiger partial charge is 0.396 e. The summed E-state index contributed by atoms with van der Waals surface area (Å²) in [5, 5.41) is 10.6. The molecule has 1 amide bonds. The van der Waals surface area contributed by atoms with Gasteiger partial charge in [0, 0.05) is 6.54 Å². The van der Waals surface area contributed by atoms with Crippen LogP contribution < -0.4 is 5.11 Å². The maximum absolute atomic E-state index is 11.3. The summed E-state index contributed by atoms with van der Waals surface area (Å²) in [6, 6.07) is -0.999. The summed E-state index contributed by atoms with van der Waals surface area (Å²) in [7, 11) is 1.07. The molecule has 1 aliphatic rings. The highest BCUT2D eigenvalue weighted by molar-refractivity contribution is 6.32. The Labute approximate surface area is 80.4 Å². The van der Waals surface area contributed by atoms with Crippen LogP contribution in [0, 0.1) is 0 Å². The van der Waals surface area contributed by atoms with Gasteiger partial charge in [-0.2, -0.15) is 0 Å². The number of rotatable bonds is 1. The quantitative estimate of drug-likeness (QED) is 0.357. The van der Waals surface area contributed by atoms with Gasteiger partial charge in [-0.15, -0.1) is 0 Å². The number of nitrogens with zero attached hydrogens (tertiary/aromatic N) is 1. The summed E-state index contributed by atoms with van der Waals surface area (Å²) in [5.41, 5.74) is 0. The number of hydrogen-bond donors (Lipinski definition) is 0. The first-order valence-corrected chi connectivity index (χ1v) is 4.17. The van der Waals surface area contributed by atoms with E-state index < -0.39 is 23.9 Å². The fourth-order valence-electron chi connectivity index (χ4n) is 1.46. The molecular weight excluding hydrogens is 190 g/mol. The van der Waals surface area contributed by atoms with Crippen LogP contribution in [0.5, 0.6) is 0 Å². The van der Waals surface area contributed by atoms with E-state index in [1.807, 2.05) is 0 Å². The van der Waals surface area contributed by atoms with Crippen LogP contribution in [0.3, 0.4) is 0 Å². The molecule has 0 aliphatic carbocycles. The lowest BCUT2D eigenvalue weighted by atomic mass is 10.2. The minimum absolute atomic E-state index is 0.257. The maximum atomic E-state index is 11.3. The molecule has 6 heteroatoms. The van der Waals surface area contributed by atoms with Crippen molar-refractivity contribution in [2.24, 2.45) is 0 Å². The first kappa shape index (κ1) is 10.5. The van der Waals surface area contributed by atoms with Gasteiger partial charge in [-0.05, 0) is 12.8 Å². The van der Waals surface area contributed by atoms with Gasteiger partial charge < -0.3 is 19.5 Å². The van der Waals surface area contributed by atoms with E-state index >= 15 is 0 Å². The van der Waals surface area contributed by atoms with E-state index in [-0.39, 0.29) is 6.54 Å². The third-order valence-corrected chi connectivity index (χ3v) is 2.15. The fraction of sp³-hybridized carbons (Fsp3) is 0.625. The molecule has 0 unspecified atom stereocenters. The highest BCUT2D eigenvalue weighted by atomic mass is 16.5. The number of methoxy groups -OCH3 is 1. The van der Waals surface area contributed by atoms with Gasteiger partial charge in [0.05, 0.1) is 19.1 Å². The molecule has 0 N–H and O–H groups in total. The van der Waals surface area contributed by atoms with Crippen LogP contribution in [0.4, 0.5) is 0 Å². The number of ether oxygens (including phenoxy) is 1. The minimum atomic E-state index is -1.33. The molecule has 0 radical (unpaired) electrons. The predicted molar refractivity (Wildman–Crippen MR) is 41.8 cm³/mol. The molecule has 1 atom stereocenters. The van der Waals surface area contributed by atoms with Crippen LogP contribution in [-0.4, -0.2) is 42.4 Å². The average molecular weight is 200 g/mol. The molecule has 0 saturated carbocycles. The Morgan fingerprint density at radius 3 is 2.57 bits per heavy atom. The van der Waals surface area contributed by atoms with Gasteiger partial charge in [-0.1, -0.05) is 0 Å². The van der Waals surface area contributed by atoms with Crippen molar-refractivity contribution in [2.75, 3.05) is 13.7 Å². The summed E-state index contributed by atoms with van der Waals surface area (Å²) in [6.45, 7) is 0.257. The number of aliphatic carboxylic acids is 1. The highest BCUT2D eigenvalue weighted by Gasteiger charge is 2.33. The zero-order valence-corrected chi connectivity index (χ0v) is 7.69. The van der Waals surface area contributed by atoms with E-state index in [0.717, 1.165) is 12.0 Å². The number of carbonyl (C=O) groups is 3. The van der Waals surface area contributed by atoms with Crippen LogP contribution in [-0.2, 0) is 19.1 Å². The standard InChI is InChI=1S/C8H11NO5/c1-14-8(13)6(10)9-4-2-3-5(9)7(11)12/h5H,2-4H2,1H3,(H,11,12)/p-1/t5-/m0/s1. The summed E-state index contributed by atoms with van der Waals surface area (Å²) >= 11 is 0. The summed E-state index contributed by atoms with van der Waals surface area (Å²) < 4.78 is 4.21. The van der Waals surface area contributed by atoms with Crippen LogP contribution >= 0.6 is 0 Å². The topological polar surface area (TPSA) is 86.7 Å². The Balaban J connectivity index is 2.72. The molecule has 1 heterocycles. The van der Waals surface area contributed by atoms with Crippen LogP contribution in [0.15, 0.2) is 0 Å². The lowest BCUT2D eigenvalue weighted by Gasteiger charge is -2.23. The molecule has 0 aromatic rings. The van der Waals surface area contributed by atoms with Gasteiger partial charge in [0.2, 0.25) is 0 Å². The van der Waals surface area contributed by atoms with E-state index in [2.05, 4.69) is 4.74 Å². The Kier molecular flexibility index (Phi) is 3.06. The number of likely N-dealkylation sites (tertiary alicyclic amines) is 1. The van der Waals surface area contributed by atoms with Crippen LogP contribution in [0.25, 0.3) is 0 Å². The maximum Gasteiger partial charge on any atom is 0.396 e. The molecular formula is C8H10NO5-. The van der Waals surface area contributed by atoms with E-state index in [1.54, 1.807) is 0 Å². The number of esters is 1. The average Bonchev–Trinajstić information content (AvgIpc) is 2.63.